The summed E-state index contributed by atoms with van der Waals surface area (Å²) in [7, 11) is 7.21. The number of likely N-dealkylation sites (N-methyl/N-ethyl adjacent to an activating group) is 1. The fourth-order valence-corrected chi connectivity index (χ4v) is 3.20. The molecule has 0 atom stereocenters. The number of methoxy groups -OCH3 is 2. The summed E-state index contributed by atoms with van der Waals surface area (Å²) in [6, 6.07) is 6.37. The topological polar surface area (TPSA) is 80.1 Å². The molecule has 1 heterocycles. The second-order valence-electron chi connectivity index (χ2n) is 7.47. The van der Waals surface area contributed by atoms with Gasteiger partial charge in [0.05, 0.1) is 20.8 Å². The summed E-state index contributed by atoms with van der Waals surface area (Å²) in [6.07, 6.45) is 3.72. The maximum atomic E-state index is 12.2. The predicted octanol–water partition coefficient (Wildman–Crippen LogP) is 2.15. The van der Waals surface area contributed by atoms with Crippen molar-refractivity contribution in [1.29, 1.82) is 0 Å². The number of nitrogens with zero attached hydrogens (tertiary/aromatic N) is 3. The Kier molecular flexibility index (Phi) is 7.11. The number of nitrogens with one attached hydrogen (secondary N) is 1. The highest BCUT2D eigenvalue weighted by atomic mass is 16.5. The quantitative estimate of drug-likeness (QED) is 0.617. The van der Waals surface area contributed by atoms with Gasteiger partial charge in [0.1, 0.15) is 6.26 Å². The summed E-state index contributed by atoms with van der Waals surface area (Å²) in [5.74, 6) is 1.79. The summed E-state index contributed by atoms with van der Waals surface area (Å²) < 4.78 is 16.5. The molecule has 1 aliphatic rings. The number of oxazole rings is 1. The Hall–Kier alpha value is -2.58. The molecule has 1 fully saturated rings. The molecule has 0 spiro atoms. The van der Waals surface area contributed by atoms with Gasteiger partial charge in [0.15, 0.2) is 17.2 Å². The van der Waals surface area contributed by atoms with Gasteiger partial charge in [0.25, 0.3) is 5.91 Å². The first-order valence-corrected chi connectivity index (χ1v) is 9.83. The lowest BCUT2D eigenvalue weighted by atomic mass is 10.1. The standard InChI is InChI=1S/C21H30N4O4/c1-24(2)11-10-22-21(26)17-14-29-19(23-17)13-25(16-8-9-16)12-15-6-5-7-18(27-3)20(15)28-4/h5-7,14,16H,8-13H2,1-4H3,(H,22,26). The van der Waals surface area contributed by atoms with Gasteiger partial charge in [-0.05, 0) is 33.0 Å². The van der Waals surface area contributed by atoms with Crippen LogP contribution in [0.3, 0.4) is 0 Å². The van der Waals surface area contributed by atoms with Crippen LogP contribution in [0.5, 0.6) is 11.5 Å². The first-order valence-electron chi connectivity index (χ1n) is 9.83. The number of para-hydroxylation sites is 1. The summed E-state index contributed by atoms with van der Waals surface area (Å²) >= 11 is 0. The van der Waals surface area contributed by atoms with E-state index in [0.717, 1.165) is 30.7 Å². The molecule has 1 amide bonds. The Labute approximate surface area is 171 Å². The minimum absolute atomic E-state index is 0.214. The lowest BCUT2D eigenvalue weighted by Gasteiger charge is -2.22. The van der Waals surface area contributed by atoms with E-state index in [1.807, 2.05) is 37.2 Å². The van der Waals surface area contributed by atoms with Crippen molar-refractivity contribution in [2.45, 2.75) is 32.0 Å². The molecule has 1 aliphatic carbocycles. The third-order valence-corrected chi connectivity index (χ3v) is 4.89. The average molecular weight is 402 g/mol. The highest BCUT2D eigenvalue weighted by Gasteiger charge is 2.31. The van der Waals surface area contributed by atoms with Crippen molar-refractivity contribution in [2.24, 2.45) is 0 Å². The van der Waals surface area contributed by atoms with Crippen molar-refractivity contribution in [2.75, 3.05) is 41.4 Å². The molecule has 1 N–H and O–H groups in total. The summed E-state index contributed by atoms with van der Waals surface area (Å²) in [6.45, 7) is 2.57. The second-order valence-corrected chi connectivity index (χ2v) is 7.47. The molecule has 0 unspecified atom stereocenters. The van der Waals surface area contributed by atoms with Crippen molar-refractivity contribution >= 4 is 5.91 Å². The van der Waals surface area contributed by atoms with Gasteiger partial charge in [0, 0.05) is 31.2 Å². The van der Waals surface area contributed by atoms with Gasteiger partial charge < -0.3 is 24.1 Å². The fourth-order valence-electron chi connectivity index (χ4n) is 3.20. The normalized spacial score (nSPS) is 13.7. The number of benzene rings is 1. The third kappa shape index (κ3) is 5.71. The lowest BCUT2D eigenvalue weighted by Crippen LogP contribution is -2.31. The van der Waals surface area contributed by atoms with Gasteiger partial charge in [-0.1, -0.05) is 12.1 Å². The number of hydrogen-bond acceptors (Lipinski definition) is 7. The Morgan fingerprint density at radius 3 is 2.69 bits per heavy atom. The monoisotopic (exact) mass is 402 g/mol. The molecule has 0 radical (unpaired) electrons. The summed E-state index contributed by atoms with van der Waals surface area (Å²) in [5.41, 5.74) is 1.36. The molecule has 29 heavy (non-hydrogen) atoms. The predicted molar refractivity (Wildman–Crippen MR) is 109 cm³/mol. The maximum absolute atomic E-state index is 12.2. The Bertz CT molecular complexity index is 817. The Balaban J connectivity index is 1.65. The van der Waals surface area contributed by atoms with E-state index in [2.05, 4.69) is 15.2 Å². The Morgan fingerprint density at radius 1 is 1.24 bits per heavy atom. The number of aromatic nitrogens is 1. The number of amides is 1. The highest BCUT2D eigenvalue weighted by molar-refractivity contribution is 5.91. The van der Waals surface area contributed by atoms with Crippen molar-refractivity contribution in [1.82, 2.24) is 20.1 Å². The average Bonchev–Trinajstić information content (AvgIpc) is 3.45. The van der Waals surface area contributed by atoms with Gasteiger partial charge in [-0.25, -0.2) is 4.98 Å². The van der Waals surface area contributed by atoms with Crippen LogP contribution in [0.25, 0.3) is 0 Å². The van der Waals surface area contributed by atoms with E-state index < -0.39 is 0 Å². The van der Waals surface area contributed by atoms with Crippen LogP contribution in [0.4, 0.5) is 0 Å². The minimum atomic E-state index is -0.214. The third-order valence-electron chi connectivity index (χ3n) is 4.89. The van der Waals surface area contributed by atoms with Gasteiger partial charge in [-0.2, -0.15) is 0 Å². The van der Waals surface area contributed by atoms with E-state index in [-0.39, 0.29) is 5.91 Å². The van der Waals surface area contributed by atoms with E-state index in [4.69, 9.17) is 13.9 Å². The molecular formula is C21H30N4O4. The largest absolute Gasteiger partial charge is 0.493 e. The zero-order valence-corrected chi connectivity index (χ0v) is 17.6. The van der Waals surface area contributed by atoms with Crippen molar-refractivity contribution in [3.8, 4) is 11.5 Å². The zero-order valence-electron chi connectivity index (χ0n) is 17.6. The number of hydrogen-bond donors (Lipinski definition) is 1. The Morgan fingerprint density at radius 2 is 2.03 bits per heavy atom. The molecule has 3 rings (SSSR count). The van der Waals surface area contributed by atoms with Crippen molar-refractivity contribution < 1.29 is 18.7 Å². The number of carbonyl (C=O) groups is 1. The van der Waals surface area contributed by atoms with Gasteiger partial charge in [-0.15, -0.1) is 0 Å². The first kappa shape index (κ1) is 21.1. The number of rotatable bonds is 11. The van der Waals surface area contributed by atoms with Crippen LogP contribution in [0.2, 0.25) is 0 Å². The van der Waals surface area contributed by atoms with E-state index >= 15 is 0 Å². The first-order chi connectivity index (χ1) is 14.0. The van der Waals surface area contributed by atoms with Crippen LogP contribution in [0.1, 0.15) is 34.8 Å². The van der Waals surface area contributed by atoms with E-state index in [1.165, 1.54) is 6.26 Å². The van der Waals surface area contributed by atoms with Crippen LogP contribution in [-0.2, 0) is 13.1 Å². The fraction of sp³-hybridized carbons (Fsp3) is 0.524. The molecule has 8 heteroatoms. The minimum Gasteiger partial charge on any atom is -0.493 e. The van der Waals surface area contributed by atoms with Crippen LogP contribution in [0, 0.1) is 0 Å². The van der Waals surface area contributed by atoms with Gasteiger partial charge >= 0.3 is 0 Å². The molecule has 1 aromatic carbocycles. The summed E-state index contributed by atoms with van der Waals surface area (Å²) in [4.78, 5) is 20.9. The molecular weight excluding hydrogens is 372 g/mol. The second kappa shape index (κ2) is 9.76. The number of ether oxygens (including phenoxy) is 2. The van der Waals surface area contributed by atoms with Crippen molar-refractivity contribution in [3.63, 3.8) is 0 Å². The molecule has 0 saturated heterocycles. The van der Waals surface area contributed by atoms with Gasteiger partial charge in [-0.3, -0.25) is 9.69 Å². The molecule has 0 aliphatic heterocycles. The van der Waals surface area contributed by atoms with Crippen LogP contribution < -0.4 is 14.8 Å². The molecule has 1 aromatic heterocycles. The van der Waals surface area contributed by atoms with E-state index in [0.29, 0.717) is 43.0 Å². The van der Waals surface area contributed by atoms with Gasteiger partial charge in [0.2, 0.25) is 5.89 Å². The maximum Gasteiger partial charge on any atom is 0.273 e. The smallest absolute Gasteiger partial charge is 0.273 e. The summed E-state index contributed by atoms with van der Waals surface area (Å²) in [5, 5.41) is 2.85. The number of carbonyl (C=O) groups excluding carboxylic acids is 1. The molecule has 2 aromatic rings. The SMILES string of the molecule is COc1cccc(CN(Cc2nc(C(=O)NCCN(C)C)co2)C2CC2)c1OC. The molecule has 0 bridgehead atoms. The van der Waals surface area contributed by atoms with E-state index in [9.17, 15) is 4.79 Å². The molecule has 8 nitrogen and oxygen atoms in total. The lowest BCUT2D eigenvalue weighted by molar-refractivity contribution is 0.0946. The van der Waals surface area contributed by atoms with E-state index in [1.54, 1.807) is 14.2 Å². The van der Waals surface area contributed by atoms with Crippen LogP contribution >= 0.6 is 0 Å². The van der Waals surface area contributed by atoms with Crippen LogP contribution in [-0.4, -0.2) is 68.1 Å². The highest BCUT2D eigenvalue weighted by Crippen LogP contribution is 2.35. The molecule has 1 saturated carbocycles. The zero-order chi connectivity index (χ0) is 20.8. The van der Waals surface area contributed by atoms with Crippen molar-refractivity contribution in [3.05, 3.63) is 41.6 Å². The van der Waals surface area contributed by atoms with Crippen LogP contribution in [0.15, 0.2) is 28.9 Å². The molecule has 158 valence electrons.